The largest absolute Gasteiger partial charge is 0.382 e. The summed E-state index contributed by atoms with van der Waals surface area (Å²) in [5.74, 6) is 6.23. The molecule has 5 aromatic heterocycles. The molecule has 9 heteroatoms. The number of pyridine rings is 3. The smallest absolute Gasteiger partial charge is 0.257 e. The zero-order valence-electron chi connectivity index (χ0n) is 21.3. The van der Waals surface area contributed by atoms with Crippen LogP contribution in [0.25, 0.3) is 27.8 Å². The van der Waals surface area contributed by atoms with Gasteiger partial charge in [-0.15, -0.1) is 5.10 Å². The summed E-state index contributed by atoms with van der Waals surface area (Å²) >= 11 is 0. The number of aromatic nitrogens is 6. The lowest BCUT2D eigenvalue weighted by atomic mass is 9.98. The molecule has 5 heterocycles. The number of benzene rings is 1. The Morgan fingerprint density at radius 1 is 1.08 bits per heavy atom. The first-order valence-electron chi connectivity index (χ1n) is 12.4. The first kappa shape index (κ1) is 23.9. The van der Waals surface area contributed by atoms with E-state index in [1.807, 2.05) is 80.8 Å². The van der Waals surface area contributed by atoms with E-state index in [4.69, 9.17) is 10.7 Å². The SMILES string of the molecule is C[C@H](NC(=O)c1c(N)nn2ccccc12)c1cc2nccc(C#Cc3cnn(C)c3)c2nc1-c1ccccc1. The first-order valence-corrected chi connectivity index (χ1v) is 12.4. The van der Waals surface area contributed by atoms with Crippen LogP contribution in [0.4, 0.5) is 5.82 Å². The molecule has 39 heavy (non-hydrogen) atoms. The van der Waals surface area contributed by atoms with Crippen molar-refractivity contribution in [2.24, 2.45) is 7.05 Å². The van der Waals surface area contributed by atoms with Crippen LogP contribution in [0.5, 0.6) is 0 Å². The number of hydrogen-bond acceptors (Lipinski definition) is 6. The van der Waals surface area contributed by atoms with Gasteiger partial charge < -0.3 is 11.1 Å². The normalized spacial score (nSPS) is 11.7. The summed E-state index contributed by atoms with van der Waals surface area (Å²) in [5.41, 5.74) is 12.5. The van der Waals surface area contributed by atoms with Crippen LogP contribution in [-0.4, -0.2) is 35.3 Å². The van der Waals surface area contributed by atoms with Gasteiger partial charge in [0.15, 0.2) is 5.82 Å². The molecule has 0 fully saturated rings. The monoisotopic (exact) mass is 512 g/mol. The number of aryl methyl sites for hydroxylation is 1. The minimum Gasteiger partial charge on any atom is -0.382 e. The second-order valence-corrected chi connectivity index (χ2v) is 9.16. The van der Waals surface area contributed by atoms with Gasteiger partial charge in [-0.05, 0) is 31.2 Å². The van der Waals surface area contributed by atoms with Gasteiger partial charge in [0.25, 0.3) is 5.91 Å². The lowest BCUT2D eigenvalue weighted by Crippen LogP contribution is -2.27. The van der Waals surface area contributed by atoms with Crippen molar-refractivity contribution >= 4 is 28.3 Å². The molecule has 0 spiro atoms. The van der Waals surface area contributed by atoms with E-state index >= 15 is 0 Å². The lowest BCUT2D eigenvalue weighted by Gasteiger charge is -2.19. The Morgan fingerprint density at radius 2 is 1.90 bits per heavy atom. The van der Waals surface area contributed by atoms with Crippen molar-refractivity contribution < 1.29 is 4.79 Å². The van der Waals surface area contributed by atoms with Crippen LogP contribution in [0.1, 0.15) is 40.0 Å². The highest BCUT2D eigenvalue weighted by atomic mass is 16.1. The summed E-state index contributed by atoms with van der Waals surface area (Å²) in [4.78, 5) is 23.0. The summed E-state index contributed by atoms with van der Waals surface area (Å²) in [6.07, 6.45) is 7.05. The fraction of sp³-hybridized carbons (Fsp3) is 0.100. The van der Waals surface area contributed by atoms with Gasteiger partial charge in [0, 0.05) is 36.8 Å². The van der Waals surface area contributed by atoms with Gasteiger partial charge >= 0.3 is 0 Å². The van der Waals surface area contributed by atoms with Crippen LogP contribution < -0.4 is 11.1 Å². The Bertz CT molecular complexity index is 1910. The van der Waals surface area contributed by atoms with Crippen LogP contribution in [-0.2, 0) is 7.05 Å². The number of amides is 1. The molecule has 0 saturated carbocycles. The van der Waals surface area contributed by atoms with Crippen molar-refractivity contribution in [3.63, 3.8) is 0 Å². The third-order valence-electron chi connectivity index (χ3n) is 6.44. The summed E-state index contributed by atoms with van der Waals surface area (Å²) in [7, 11) is 1.85. The molecular weight excluding hydrogens is 488 g/mol. The molecule has 0 saturated heterocycles. The van der Waals surface area contributed by atoms with E-state index in [1.165, 1.54) is 0 Å². The molecule has 6 aromatic rings. The lowest BCUT2D eigenvalue weighted by molar-refractivity contribution is 0.0942. The number of nitrogens with zero attached hydrogens (tertiary/aromatic N) is 6. The highest BCUT2D eigenvalue weighted by molar-refractivity contribution is 6.05. The Labute approximate surface area is 224 Å². The molecule has 0 aliphatic heterocycles. The molecule has 0 radical (unpaired) electrons. The zero-order valence-corrected chi connectivity index (χ0v) is 21.3. The fourth-order valence-electron chi connectivity index (χ4n) is 4.56. The van der Waals surface area contributed by atoms with Crippen LogP contribution in [0.15, 0.2) is 85.5 Å². The Balaban J connectivity index is 1.43. The van der Waals surface area contributed by atoms with E-state index < -0.39 is 6.04 Å². The van der Waals surface area contributed by atoms with Gasteiger partial charge in [-0.25, -0.2) is 9.50 Å². The van der Waals surface area contributed by atoms with Crippen molar-refractivity contribution in [2.75, 3.05) is 5.73 Å². The number of nitrogens with two attached hydrogens (primary N) is 1. The summed E-state index contributed by atoms with van der Waals surface area (Å²) < 4.78 is 3.31. The van der Waals surface area contributed by atoms with Gasteiger partial charge in [0.05, 0.1) is 40.1 Å². The minimum absolute atomic E-state index is 0.171. The molecule has 0 bridgehead atoms. The predicted molar refractivity (Wildman–Crippen MR) is 150 cm³/mol. The van der Waals surface area contributed by atoms with E-state index in [9.17, 15) is 4.79 Å². The molecule has 9 nitrogen and oxygen atoms in total. The second kappa shape index (κ2) is 9.76. The van der Waals surface area contributed by atoms with Gasteiger partial charge in [-0.3, -0.25) is 14.5 Å². The fourth-order valence-corrected chi connectivity index (χ4v) is 4.56. The van der Waals surface area contributed by atoms with Crippen molar-refractivity contribution in [3.05, 3.63) is 108 Å². The minimum atomic E-state index is -0.408. The van der Waals surface area contributed by atoms with Crippen LogP contribution in [0, 0.1) is 11.8 Å². The Hall–Kier alpha value is -5.49. The maximum Gasteiger partial charge on any atom is 0.257 e. The standard InChI is InChI=1S/C30H24N8O/c1-19(34-30(39)26-25-10-6-7-15-38(25)36-29(26)31)23-16-24-28(35-27(23)21-8-4-3-5-9-21)22(13-14-32-24)12-11-20-17-33-37(2)18-20/h3-10,13-19H,1-2H3,(H2,31,36)(H,34,39)/t19-/m0/s1. The van der Waals surface area contributed by atoms with Gasteiger partial charge in [-0.2, -0.15) is 5.10 Å². The molecule has 1 amide bonds. The van der Waals surface area contributed by atoms with Crippen LogP contribution in [0.3, 0.4) is 0 Å². The third-order valence-corrected chi connectivity index (χ3v) is 6.44. The highest BCUT2D eigenvalue weighted by Crippen LogP contribution is 2.31. The molecule has 1 atom stereocenters. The molecule has 0 unspecified atom stereocenters. The molecule has 3 N–H and O–H groups in total. The third kappa shape index (κ3) is 4.55. The van der Waals surface area contributed by atoms with Gasteiger partial charge in [0.2, 0.25) is 0 Å². The van der Waals surface area contributed by atoms with E-state index in [1.54, 1.807) is 27.8 Å². The molecule has 1 aromatic carbocycles. The molecule has 0 aliphatic rings. The first-order chi connectivity index (χ1) is 19.0. The molecular formula is C30H24N8O. The quantitative estimate of drug-likeness (QED) is 0.343. The van der Waals surface area contributed by atoms with Crippen LogP contribution >= 0.6 is 0 Å². The average Bonchev–Trinajstić information content (AvgIpc) is 3.52. The summed E-state index contributed by atoms with van der Waals surface area (Å²) in [6.45, 7) is 1.92. The van der Waals surface area contributed by atoms with Crippen molar-refractivity contribution in [1.29, 1.82) is 0 Å². The number of anilines is 1. The van der Waals surface area contributed by atoms with Gasteiger partial charge in [0.1, 0.15) is 11.1 Å². The van der Waals surface area contributed by atoms with E-state index in [0.717, 1.165) is 27.9 Å². The number of nitrogen functional groups attached to an aromatic ring is 1. The number of fused-ring (bicyclic) bond motifs is 2. The van der Waals surface area contributed by atoms with Crippen molar-refractivity contribution in [1.82, 2.24) is 34.7 Å². The number of rotatable bonds is 4. The zero-order chi connectivity index (χ0) is 26.9. The van der Waals surface area contributed by atoms with Gasteiger partial charge in [-0.1, -0.05) is 48.2 Å². The predicted octanol–water partition coefficient (Wildman–Crippen LogP) is 4.15. The Kier molecular flexibility index (Phi) is 5.98. The number of nitrogens with one attached hydrogen (secondary N) is 1. The summed E-state index contributed by atoms with van der Waals surface area (Å²) in [5, 5.41) is 11.5. The number of carbonyl (C=O) groups excluding carboxylic acids is 1. The molecule has 0 aliphatic carbocycles. The maximum atomic E-state index is 13.4. The summed E-state index contributed by atoms with van der Waals surface area (Å²) in [6, 6.07) is 18.8. The number of carbonyl (C=O) groups is 1. The van der Waals surface area contributed by atoms with E-state index in [-0.39, 0.29) is 11.7 Å². The topological polar surface area (TPSA) is 116 Å². The van der Waals surface area contributed by atoms with Crippen molar-refractivity contribution in [2.45, 2.75) is 13.0 Å². The average molecular weight is 513 g/mol. The second-order valence-electron chi connectivity index (χ2n) is 9.16. The highest BCUT2D eigenvalue weighted by Gasteiger charge is 2.23. The van der Waals surface area contributed by atoms with Crippen LogP contribution in [0.2, 0.25) is 0 Å². The number of hydrogen-bond donors (Lipinski definition) is 2. The Morgan fingerprint density at radius 3 is 2.69 bits per heavy atom. The van der Waals surface area contributed by atoms with E-state index in [0.29, 0.717) is 22.1 Å². The van der Waals surface area contributed by atoms with E-state index in [2.05, 4.69) is 32.3 Å². The van der Waals surface area contributed by atoms with Crippen molar-refractivity contribution in [3.8, 4) is 23.1 Å². The molecule has 190 valence electrons. The maximum absolute atomic E-state index is 13.4. The molecule has 6 rings (SSSR count).